The summed E-state index contributed by atoms with van der Waals surface area (Å²) >= 11 is 1.49. The number of benzene rings is 2. The van der Waals surface area contributed by atoms with Crippen molar-refractivity contribution >= 4 is 21.4 Å². The fourth-order valence-electron chi connectivity index (χ4n) is 2.75. The summed E-state index contributed by atoms with van der Waals surface area (Å²) in [5, 5.41) is 0.885. The smallest absolute Gasteiger partial charge is 0.241 e. The summed E-state index contributed by atoms with van der Waals surface area (Å²) in [5.74, 6) is 0.837. The van der Waals surface area contributed by atoms with Gasteiger partial charge in [0.2, 0.25) is 10.0 Å². The zero-order valence-corrected chi connectivity index (χ0v) is 17.8. The quantitative estimate of drug-likeness (QED) is 0.629. The van der Waals surface area contributed by atoms with Gasteiger partial charge in [0, 0.05) is 23.1 Å². The van der Waals surface area contributed by atoms with Gasteiger partial charge in [0.15, 0.2) is 11.5 Å². The standard InChI is InChI=1S/C20H22N2O4S2/c1-13-7-5-6-8-16(13)20-22-14(2)19(27-20)12-21-28(23,24)15-9-10-17(25-3)18(11-15)26-4/h5-11,21H,12H2,1-4H3. The van der Waals surface area contributed by atoms with Crippen molar-refractivity contribution in [2.45, 2.75) is 25.3 Å². The molecule has 3 aromatic rings. The van der Waals surface area contributed by atoms with E-state index in [9.17, 15) is 8.42 Å². The van der Waals surface area contributed by atoms with E-state index in [0.717, 1.165) is 26.7 Å². The number of rotatable bonds is 7. The molecule has 1 heterocycles. The lowest BCUT2D eigenvalue weighted by Crippen LogP contribution is -2.23. The van der Waals surface area contributed by atoms with Crippen molar-refractivity contribution in [3.05, 3.63) is 58.6 Å². The van der Waals surface area contributed by atoms with Crippen LogP contribution in [0.5, 0.6) is 11.5 Å². The summed E-state index contributed by atoms with van der Waals surface area (Å²) < 4.78 is 38.4. The second kappa shape index (κ2) is 8.30. The molecule has 1 N–H and O–H groups in total. The molecule has 148 valence electrons. The van der Waals surface area contributed by atoms with Gasteiger partial charge in [-0.1, -0.05) is 24.3 Å². The molecule has 0 aliphatic heterocycles. The monoisotopic (exact) mass is 418 g/mol. The molecule has 3 rings (SSSR count). The van der Waals surface area contributed by atoms with Gasteiger partial charge in [0.25, 0.3) is 0 Å². The first-order chi connectivity index (χ1) is 13.4. The summed E-state index contributed by atoms with van der Waals surface area (Å²) in [7, 11) is -0.732. The lowest BCUT2D eigenvalue weighted by Gasteiger charge is -2.10. The highest BCUT2D eigenvalue weighted by Gasteiger charge is 2.19. The highest BCUT2D eigenvalue weighted by Crippen LogP contribution is 2.31. The lowest BCUT2D eigenvalue weighted by atomic mass is 10.1. The molecule has 2 aromatic carbocycles. The maximum Gasteiger partial charge on any atom is 0.241 e. The van der Waals surface area contributed by atoms with E-state index in [0.29, 0.717) is 11.5 Å². The van der Waals surface area contributed by atoms with Crippen molar-refractivity contribution in [3.8, 4) is 22.1 Å². The molecule has 8 heteroatoms. The number of methoxy groups -OCH3 is 2. The van der Waals surface area contributed by atoms with Crippen LogP contribution < -0.4 is 14.2 Å². The Bertz CT molecular complexity index is 1090. The largest absolute Gasteiger partial charge is 0.493 e. The van der Waals surface area contributed by atoms with Gasteiger partial charge in [-0.25, -0.2) is 18.1 Å². The van der Waals surface area contributed by atoms with E-state index in [-0.39, 0.29) is 11.4 Å². The third-order valence-electron chi connectivity index (χ3n) is 4.36. The van der Waals surface area contributed by atoms with Gasteiger partial charge in [0.05, 0.1) is 24.8 Å². The number of hydrogen-bond donors (Lipinski definition) is 1. The van der Waals surface area contributed by atoms with Crippen LogP contribution in [0.25, 0.3) is 10.6 Å². The van der Waals surface area contributed by atoms with Gasteiger partial charge in [-0.3, -0.25) is 0 Å². The van der Waals surface area contributed by atoms with Crippen LogP contribution >= 0.6 is 11.3 Å². The molecule has 0 atom stereocenters. The molecule has 0 saturated heterocycles. The van der Waals surface area contributed by atoms with E-state index in [4.69, 9.17) is 9.47 Å². The SMILES string of the molecule is COc1ccc(S(=O)(=O)NCc2sc(-c3ccccc3C)nc2C)cc1OC. The predicted molar refractivity (Wildman–Crippen MR) is 111 cm³/mol. The number of ether oxygens (including phenoxy) is 2. The van der Waals surface area contributed by atoms with Gasteiger partial charge >= 0.3 is 0 Å². The Hall–Kier alpha value is -2.42. The molecule has 0 aliphatic carbocycles. The molecular formula is C20H22N2O4S2. The molecule has 0 aliphatic rings. The molecule has 28 heavy (non-hydrogen) atoms. The minimum atomic E-state index is -3.70. The van der Waals surface area contributed by atoms with E-state index < -0.39 is 10.0 Å². The Morgan fingerprint density at radius 2 is 1.75 bits per heavy atom. The van der Waals surface area contributed by atoms with E-state index in [1.165, 1.54) is 37.7 Å². The fourth-order valence-corrected chi connectivity index (χ4v) is 4.94. The van der Waals surface area contributed by atoms with E-state index in [2.05, 4.69) is 9.71 Å². The van der Waals surface area contributed by atoms with Crippen molar-refractivity contribution < 1.29 is 17.9 Å². The van der Waals surface area contributed by atoms with Crippen LogP contribution in [0.3, 0.4) is 0 Å². The first kappa shape index (κ1) is 20.3. The average Bonchev–Trinajstić information content (AvgIpc) is 3.06. The maximum absolute atomic E-state index is 12.7. The van der Waals surface area contributed by atoms with E-state index >= 15 is 0 Å². The van der Waals surface area contributed by atoms with Gasteiger partial charge < -0.3 is 9.47 Å². The first-order valence-corrected chi connectivity index (χ1v) is 10.9. The summed E-state index contributed by atoms with van der Waals surface area (Å²) in [6.45, 7) is 4.09. The molecule has 0 bridgehead atoms. The third-order valence-corrected chi connectivity index (χ3v) is 6.95. The summed E-state index contributed by atoms with van der Waals surface area (Å²) in [5.41, 5.74) is 3.01. The molecule has 0 saturated carbocycles. The zero-order valence-electron chi connectivity index (χ0n) is 16.1. The Balaban J connectivity index is 1.81. The molecular weight excluding hydrogens is 396 g/mol. The van der Waals surface area contributed by atoms with Crippen LogP contribution in [0.2, 0.25) is 0 Å². The molecule has 0 unspecified atom stereocenters. The van der Waals surface area contributed by atoms with E-state index in [1.807, 2.05) is 38.1 Å². The summed E-state index contributed by atoms with van der Waals surface area (Å²) in [6, 6.07) is 12.5. The van der Waals surface area contributed by atoms with Crippen molar-refractivity contribution in [2.24, 2.45) is 0 Å². The topological polar surface area (TPSA) is 77.5 Å². The molecule has 0 spiro atoms. The van der Waals surface area contributed by atoms with Gasteiger partial charge in [-0.05, 0) is 31.5 Å². The zero-order chi connectivity index (χ0) is 20.3. The summed E-state index contributed by atoms with van der Waals surface area (Å²) in [6.07, 6.45) is 0. The molecule has 0 fully saturated rings. The van der Waals surface area contributed by atoms with Crippen LogP contribution in [0.4, 0.5) is 0 Å². The minimum absolute atomic E-state index is 0.117. The number of nitrogens with zero attached hydrogens (tertiary/aromatic N) is 1. The number of hydrogen-bond acceptors (Lipinski definition) is 6. The minimum Gasteiger partial charge on any atom is -0.493 e. The van der Waals surface area contributed by atoms with Gasteiger partial charge in [-0.15, -0.1) is 11.3 Å². The second-order valence-electron chi connectivity index (χ2n) is 6.18. The molecule has 0 amide bonds. The number of aromatic nitrogens is 1. The van der Waals surface area contributed by atoms with E-state index in [1.54, 1.807) is 6.07 Å². The van der Waals surface area contributed by atoms with Gasteiger partial charge in [-0.2, -0.15) is 0 Å². The van der Waals surface area contributed by atoms with Gasteiger partial charge in [0.1, 0.15) is 5.01 Å². The Morgan fingerprint density at radius 1 is 1.04 bits per heavy atom. The number of sulfonamides is 1. The van der Waals surface area contributed by atoms with Crippen LogP contribution in [0.15, 0.2) is 47.4 Å². The predicted octanol–water partition coefficient (Wildman–Crippen LogP) is 3.92. The number of thiazole rings is 1. The van der Waals surface area contributed by atoms with Crippen molar-refractivity contribution in [1.82, 2.24) is 9.71 Å². The van der Waals surface area contributed by atoms with Crippen LogP contribution in [-0.2, 0) is 16.6 Å². The average molecular weight is 419 g/mol. The normalized spacial score (nSPS) is 11.4. The van der Waals surface area contributed by atoms with Crippen LogP contribution in [-0.4, -0.2) is 27.6 Å². The Morgan fingerprint density at radius 3 is 2.43 bits per heavy atom. The molecule has 6 nitrogen and oxygen atoms in total. The molecule has 1 aromatic heterocycles. The third kappa shape index (κ3) is 4.19. The van der Waals surface area contributed by atoms with Crippen LogP contribution in [0, 0.1) is 13.8 Å². The highest BCUT2D eigenvalue weighted by atomic mass is 32.2. The van der Waals surface area contributed by atoms with Crippen molar-refractivity contribution in [3.63, 3.8) is 0 Å². The Labute approximate surface area is 169 Å². The maximum atomic E-state index is 12.7. The highest BCUT2D eigenvalue weighted by molar-refractivity contribution is 7.89. The van der Waals surface area contributed by atoms with Crippen LogP contribution in [0.1, 0.15) is 16.1 Å². The number of aryl methyl sites for hydroxylation is 2. The number of nitrogens with one attached hydrogen (secondary N) is 1. The lowest BCUT2D eigenvalue weighted by molar-refractivity contribution is 0.354. The van der Waals surface area contributed by atoms with Crippen molar-refractivity contribution in [1.29, 1.82) is 0 Å². The van der Waals surface area contributed by atoms with Crippen molar-refractivity contribution in [2.75, 3.05) is 14.2 Å². The summed E-state index contributed by atoms with van der Waals surface area (Å²) in [4.78, 5) is 5.61. The first-order valence-electron chi connectivity index (χ1n) is 8.59. The second-order valence-corrected chi connectivity index (χ2v) is 9.03. The fraction of sp³-hybridized carbons (Fsp3) is 0.250. The Kier molecular flexibility index (Phi) is 6.02. The molecule has 0 radical (unpaired) electrons.